The zero-order valence-corrected chi connectivity index (χ0v) is 11.5. The highest BCUT2D eigenvalue weighted by atomic mass is 16.4. The number of aromatic nitrogens is 2. The Labute approximate surface area is 112 Å². The number of hydrogen-bond donors (Lipinski definition) is 1. The van der Waals surface area contributed by atoms with Crippen molar-refractivity contribution in [3.8, 4) is 0 Å². The Bertz CT molecular complexity index is 666. The number of nitrogens with zero attached hydrogens (tertiary/aromatic N) is 2. The summed E-state index contributed by atoms with van der Waals surface area (Å²) in [5.74, 6) is 0.907. The summed E-state index contributed by atoms with van der Waals surface area (Å²) in [6.07, 6.45) is 2.43. The van der Waals surface area contributed by atoms with Crippen LogP contribution in [-0.4, -0.2) is 20.6 Å². The van der Waals surface area contributed by atoms with Crippen LogP contribution in [-0.2, 0) is 17.3 Å². The number of hydrogen-bond acceptors (Lipinski definition) is 2. The van der Waals surface area contributed by atoms with Crippen molar-refractivity contribution in [2.45, 2.75) is 38.0 Å². The molecule has 0 radical (unpaired) electrons. The number of aryl methyl sites for hydroxylation is 1. The Morgan fingerprint density at radius 3 is 2.68 bits per heavy atom. The first-order valence-corrected chi connectivity index (χ1v) is 6.61. The summed E-state index contributed by atoms with van der Waals surface area (Å²) in [5.41, 5.74) is 1.92. The molecular formula is C15H18N2O2. The Morgan fingerprint density at radius 2 is 2.11 bits per heavy atom. The summed E-state index contributed by atoms with van der Waals surface area (Å²) in [7, 11) is 2.01. The molecule has 1 heterocycles. The highest BCUT2D eigenvalue weighted by Gasteiger charge is 2.31. The van der Waals surface area contributed by atoms with Crippen LogP contribution in [0.3, 0.4) is 0 Å². The summed E-state index contributed by atoms with van der Waals surface area (Å²) in [4.78, 5) is 16.0. The van der Waals surface area contributed by atoms with Gasteiger partial charge in [0.05, 0.1) is 16.4 Å². The van der Waals surface area contributed by atoms with Gasteiger partial charge >= 0.3 is 5.97 Å². The van der Waals surface area contributed by atoms with E-state index < -0.39 is 11.4 Å². The molecule has 0 atom stereocenters. The van der Waals surface area contributed by atoms with Gasteiger partial charge in [0, 0.05) is 13.0 Å². The largest absolute Gasteiger partial charge is 0.481 e. The first-order chi connectivity index (χ1) is 8.91. The van der Waals surface area contributed by atoms with Gasteiger partial charge < -0.3 is 9.67 Å². The smallest absolute Gasteiger partial charge is 0.313 e. The number of aliphatic carboxylic acids is 1. The van der Waals surface area contributed by atoms with E-state index in [1.165, 1.54) is 12.8 Å². The van der Waals surface area contributed by atoms with Gasteiger partial charge in [-0.3, -0.25) is 4.79 Å². The normalized spacial score (nSPS) is 15.9. The minimum atomic E-state index is -0.877. The Balaban J connectivity index is 2.15. The minimum Gasteiger partial charge on any atom is -0.481 e. The summed E-state index contributed by atoms with van der Waals surface area (Å²) in [5, 5.41) is 9.32. The molecule has 1 saturated carbocycles. The summed E-state index contributed by atoms with van der Waals surface area (Å²) < 4.78 is 2.11. The SMILES string of the molecule is Cn1c(C2CC2)nc2ccc(C(C)(C)C(=O)O)cc21. The van der Waals surface area contributed by atoms with Crippen molar-refractivity contribution in [1.29, 1.82) is 0 Å². The Kier molecular flexibility index (Phi) is 2.46. The van der Waals surface area contributed by atoms with E-state index in [4.69, 9.17) is 0 Å². The topological polar surface area (TPSA) is 55.1 Å². The maximum absolute atomic E-state index is 11.3. The molecule has 1 aromatic carbocycles. The maximum atomic E-state index is 11.3. The number of carboxylic acids is 1. The maximum Gasteiger partial charge on any atom is 0.313 e. The van der Waals surface area contributed by atoms with Crippen LogP contribution in [0.4, 0.5) is 0 Å². The van der Waals surface area contributed by atoms with Crippen LogP contribution in [0.15, 0.2) is 18.2 Å². The highest BCUT2D eigenvalue weighted by molar-refractivity contribution is 5.84. The van der Waals surface area contributed by atoms with Crippen LogP contribution >= 0.6 is 0 Å². The van der Waals surface area contributed by atoms with E-state index in [1.54, 1.807) is 13.8 Å². The molecule has 0 saturated heterocycles. The molecule has 0 spiro atoms. The van der Waals surface area contributed by atoms with Crippen molar-refractivity contribution >= 4 is 17.0 Å². The molecule has 0 unspecified atom stereocenters. The van der Waals surface area contributed by atoms with Crippen molar-refractivity contribution in [3.63, 3.8) is 0 Å². The zero-order chi connectivity index (χ0) is 13.8. The van der Waals surface area contributed by atoms with Crippen molar-refractivity contribution in [3.05, 3.63) is 29.6 Å². The number of carbonyl (C=O) groups is 1. The van der Waals surface area contributed by atoms with E-state index in [9.17, 15) is 9.90 Å². The fourth-order valence-electron chi connectivity index (χ4n) is 2.43. The molecule has 0 amide bonds. The van der Waals surface area contributed by atoms with Gasteiger partial charge in [-0.25, -0.2) is 4.98 Å². The van der Waals surface area contributed by atoms with Crippen molar-refractivity contribution in [2.24, 2.45) is 7.05 Å². The third-order valence-corrected chi connectivity index (χ3v) is 4.11. The van der Waals surface area contributed by atoms with E-state index in [2.05, 4.69) is 9.55 Å². The van der Waals surface area contributed by atoms with Crippen LogP contribution in [0.1, 0.15) is 44.0 Å². The fourth-order valence-corrected chi connectivity index (χ4v) is 2.43. The average Bonchev–Trinajstić information content (AvgIpc) is 3.15. The molecular weight excluding hydrogens is 240 g/mol. The van der Waals surface area contributed by atoms with E-state index in [1.807, 2.05) is 25.2 Å². The Morgan fingerprint density at radius 1 is 1.42 bits per heavy atom. The van der Waals surface area contributed by atoms with Crippen molar-refractivity contribution in [1.82, 2.24) is 9.55 Å². The quantitative estimate of drug-likeness (QED) is 0.921. The lowest BCUT2D eigenvalue weighted by Gasteiger charge is -2.19. The predicted octanol–water partition coefficient (Wildman–Crippen LogP) is 2.81. The minimum absolute atomic E-state index is 0.591. The number of carboxylic acid groups (broad SMARTS) is 1. The van der Waals surface area contributed by atoms with Gasteiger partial charge in [0.15, 0.2) is 0 Å². The lowest BCUT2D eigenvalue weighted by molar-refractivity contribution is -0.142. The molecule has 1 fully saturated rings. The molecule has 1 aromatic heterocycles. The van der Waals surface area contributed by atoms with Crippen LogP contribution in [0.25, 0.3) is 11.0 Å². The van der Waals surface area contributed by atoms with Crippen LogP contribution in [0.2, 0.25) is 0 Å². The number of benzene rings is 1. The van der Waals surface area contributed by atoms with E-state index >= 15 is 0 Å². The predicted molar refractivity (Wildman–Crippen MR) is 73.4 cm³/mol. The van der Waals surface area contributed by atoms with Crippen LogP contribution < -0.4 is 0 Å². The van der Waals surface area contributed by atoms with Crippen LogP contribution in [0.5, 0.6) is 0 Å². The first kappa shape index (κ1) is 12.2. The van der Waals surface area contributed by atoms with E-state index in [0.29, 0.717) is 5.92 Å². The molecule has 2 aromatic rings. The standard InChI is InChI=1S/C15H18N2O2/c1-15(2,14(18)19)10-6-7-11-12(8-10)17(3)13(16-11)9-4-5-9/h6-9H,4-5H2,1-3H3,(H,18,19). The zero-order valence-electron chi connectivity index (χ0n) is 11.5. The average molecular weight is 258 g/mol. The lowest BCUT2D eigenvalue weighted by Crippen LogP contribution is -2.28. The molecule has 0 bridgehead atoms. The second-order valence-corrected chi connectivity index (χ2v) is 5.94. The number of rotatable bonds is 3. The van der Waals surface area contributed by atoms with Gasteiger partial charge in [0.25, 0.3) is 0 Å². The van der Waals surface area contributed by atoms with Gasteiger partial charge in [-0.15, -0.1) is 0 Å². The van der Waals surface area contributed by atoms with Crippen LogP contribution in [0, 0.1) is 0 Å². The lowest BCUT2D eigenvalue weighted by atomic mass is 9.85. The Hall–Kier alpha value is -1.84. The van der Waals surface area contributed by atoms with Gasteiger partial charge in [-0.05, 0) is 44.4 Å². The molecule has 4 heteroatoms. The summed E-state index contributed by atoms with van der Waals surface area (Å²) >= 11 is 0. The van der Waals surface area contributed by atoms with Gasteiger partial charge in [0.2, 0.25) is 0 Å². The van der Waals surface area contributed by atoms with Gasteiger partial charge in [-0.2, -0.15) is 0 Å². The third kappa shape index (κ3) is 1.82. The fraction of sp³-hybridized carbons (Fsp3) is 0.467. The molecule has 3 rings (SSSR count). The van der Waals surface area contributed by atoms with Gasteiger partial charge in [-0.1, -0.05) is 6.07 Å². The van der Waals surface area contributed by atoms with Gasteiger partial charge in [0.1, 0.15) is 5.82 Å². The molecule has 19 heavy (non-hydrogen) atoms. The van der Waals surface area contributed by atoms with E-state index in [0.717, 1.165) is 22.4 Å². The first-order valence-electron chi connectivity index (χ1n) is 6.61. The number of imidazole rings is 1. The summed E-state index contributed by atoms with van der Waals surface area (Å²) in [6, 6.07) is 5.77. The van der Waals surface area contributed by atoms with E-state index in [-0.39, 0.29) is 0 Å². The van der Waals surface area contributed by atoms with Crippen molar-refractivity contribution in [2.75, 3.05) is 0 Å². The molecule has 100 valence electrons. The highest BCUT2D eigenvalue weighted by Crippen LogP contribution is 2.40. The monoisotopic (exact) mass is 258 g/mol. The van der Waals surface area contributed by atoms with Crippen molar-refractivity contribution < 1.29 is 9.90 Å². The molecule has 1 N–H and O–H groups in total. The third-order valence-electron chi connectivity index (χ3n) is 4.11. The second kappa shape index (κ2) is 3.83. The number of fused-ring (bicyclic) bond motifs is 1. The summed E-state index contributed by atoms with van der Waals surface area (Å²) in [6.45, 7) is 3.46. The molecule has 0 aliphatic heterocycles. The second-order valence-electron chi connectivity index (χ2n) is 5.94. The molecule has 4 nitrogen and oxygen atoms in total. The molecule has 1 aliphatic rings. The molecule has 1 aliphatic carbocycles.